The Morgan fingerprint density at radius 1 is 1.19 bits per heavy atom. The fourth-order valence-electron chi connectivity index (χ4n) is 3.80. The fraction of sp³-hybridized carbons (Fsp3) is 0.588. The van der Waals surface area contributed by atoms with Gasteiger partial charge in [0.15, 0.2) is 17.8 Å². The molecule has 2 aromatic rings. The Labute approximate surface area is 150 Å². The first-order chi connectivity index (χ1) is 12.7. The van der Waals surface area contributed by atoms with Crippen LogP contribution in [0.3, 0.4) is 0 Å². The number of hydrogen-bond donors (Lipinski definition) is 1. The standard InChI is InChI=1S/C17H22N6O3/c24-16(19-12-4-1-2-5-12)14-9-22(21-20-14)8-13-6-3-7-23(13)17(25)15-10-26-11-18-15/h9-13H,1-8H2,(H,19,24)/t13-/m0/s1. The lowest BCUT2D eigenvalue weighted by Crippen LogP contribution is -2.38. The number of carbonyl (C=O) groups excluding carboxylic acids is 2. The van der Waals surface area contributed by atoms with Gasteiger partial charge in [0, 0.05) is 12.6 Å². The van der Waals surface area contributed by atoms with E-state index in [0.29, 0.717) is 24.5 Å². The topological polar surface area (TPSA) is 106 Å². The Balaban J connectivity index is 1.38. The number of amides is 2. The normalized spacial score (nSPS) is 20.6. The van der Waals surface area contributed by atoms with Crippen LogP contribution in [0.4, 0.5) is 0 Å². The minimum Gasteiger partial charge on any atom is -0.451 e. The van der Waals surface area contributed by atoms with Crippen molar-refractivity contribution in [2.24, 2.45) is 0 Å². The molecular weight excluding hydrogens is 336 g/mol. The van der Waals surface area contributed by atoms with Gasteiger partial charge >= 0.3 is 0 Å². The van der Waals surface area contributed by atoms with Gasteiger partial charge in [-0.1, -0.05) is 18.1 Å². The van der Waals surface area contributed by atoms with Crippen LogP contribution >= 0.6 is 0 Å². The molecule has 0 aromatic carbocycles. The van der Waals surface area contributed by atoms with E-state index < -0.39 is 0 Å². The lowest BCUT2D eigenvalue weighted by molar-refractivity contribution is 0.0714. The monoisotopic (exact) mass is 358 g/mol. The van der Waals surface area contributed by atoms with Crippen LogP contribution in [0, 0.1) is 0 Å². The molecule has 1 saturated carbocycles. The fourth-order valence-corrected chi connectivity index (χ4v) is 3.80. The van der Waals surface area contributed by atoms with Crippen LogP contribution in [0.5, 0.6) is 0 Å². The summed E-state index contributed by atoms with van der Waals surface area (Å²) in [5.74, 6) is -0.314. The average molecular weight is 358 g/mol. The first kappa shape index (κ1) is 16.7. The molecule has 1 atom stereocenters. The van der Waals surface area contributed by atoms with E-state index in [1.54, 1.807) is 15.8 Å². The van der Waals surface area contributed by atoms with Gasteiger partial charge in [0.25, 0.3) is 11.8 Å². The Hall–Kier alpha value is -2.71. The van der Waals surface area contributed by atoms with Crippen molar-refractivity contribution in [3.8, 4) is 0 Å². The third-order valence-electron chi connectivity index (χ3n) is 5.15. The maximum atomic E-state index is 12.5. The SMILES string of the molecule is O=C(NC1CCCC1)c1cn(C[C@@H]2CCCN2C(=O)c2cocn2)nn1. The molecule has 3 heterocycles. The van der Waals surface area contributed by atoms with Crippen LogP contribution in [-0.4, -0.2) is 55.3 Å². The third-order valence-corrected chi connectivity index (χ3v) is 5.15. The van der Waals surface area contributed by atoms with Crippen molar-refractivity contribution < 1.29 is 14.0 Å². The number of aromatic nitrogens is 4. The van der Waals surface area contributed by atoms with E-state index in [4.69, 9.17) is 4.42 Å². The van der Waals surface area contributed by atoms with Crippen LogP contribution < -0.4 is 5.32 Å². The van der Waals surface area contributed by atoms with E-state index in [9.17, 15) is 9.59 Å². The zero-order valence-corrected chi connectivity index (χ0v) is 14.5. The highest BCUT2D eigenvalue weighted by Gasteiger charge is 2.31. The molecule has 1 aliphatic carbocycles. The predicted molar refractivity (Wildman–Crippen MR) is 90.3 cm³/mol. The van der Waals surface area contributed by atoms with Gasteiger partial charge in [-0.2, -0.15) is 0 Å². The number of nitrogens with one attached hydrogen (secondary N) is 1. The van der Waals surface area contributed by atoms with Crippen LogP contribution in [-0.2, 0) is 6.54 Å². The van der Waals surface area contributed by atoms with Gasteiger partial charge in [-0.3, -0.25) is 9.59 Å². The molecule has 4 rings (SSSR count). The quantitative estimate of drug-likeness (QED) is 0.862. The number of hydrogen-bond acceptors (Lipinski definition) is 6. The summed E-state index contributed by atoms with van der Waals surface area (Å²) in [4.78, 5) is 30.5. The van der Waals surface area contributed by atoms with Crippen LogP contribution in [0.1, 0.15) is 59.5 Å². The molecule has 0 spiro atoms. The van der Waals surface area contributed by atoms with Crippen molar-refractivity contribution in [1.29, 1.82) is 0 Å². The molecule has 0 radical (unpaired) electrons. The molecule has 9 heteroatoms. The molecule has 26 heavy (non-hydrogen) atoms. The highest BCUT2D eigenvalue weighted by atomic mass is 16.3. The van der Waals surface area contributed by atoms with E-state index in [0.717, 1.165) is 38.5 Å². The second kappa shape index (κ2) is 7.27. The second-order valence-electron chi connectivity index (χ2n) is 6.95. The highest BCUT2D eigenvalue weighted by Crippen LogP contribution is 2.21. The molecule has 1 saturated heterocycles. The van der Waals surface area contributed by atoms with Gasteiger partial charge in [0.05, 0.1) is 18.8 Å². The van der Waals surface area contributed by atoms with E-state index in [2.05, 4.69) is 20.6 Å². The number of carbonyl (C=O) groups is 2. The molecule has 9 nitrogen and oxygen atoms in total. The Kier molecular flexibility index (Phi) is 4.68. The molecule has 1 aliphatic heterocycles. The van der Waals surface area contributed by atoms with E-state index in [1.165, 1.54) is 12.7 Å². The summed E-state index contributed by atoms with van der Waals surface area (Å²) < 4.78 is 6.54. The van der Waals surface area contributed by atoms with Crippen molar-refractivity contribution in [3.05, 3.63) is 30.2 Å². The third kappa shape index (κ3) is 3.47. The van der Waals surface area contributed by atoms with E-state index in [-0.39, 0.29) is 23.9 Å². The molecule has 2 fully saturated rings. The van der Waals surface area contributed by atoms with Crippen molar-refractivity contribution in [2.75, 3.05) is 6.54 Å². The highest BCUT2D eigenvalue weighted by molar-refractivity contribution is 5.92. The summed E-state index contributed by atoms with van der Waals surface area (Å²) in [7, 11) is 0. The summed E-state index contributed by atoms with van der Waals surface area (Å²) in [6.45, 7) is 1.19. The number of rotatable bonds is 5. The lowest BCUT2D eigenvalue weighted by Gasteiger charge is -2.23. The summed E-state index contributed by atoms with van der Waals surface area (Å²) in [5.41, 5.74) is 0.636. The predicted octanol–water partition coefficient (Wildman–Crippen LogP) is 1.24. The van der Waals surface area contributed by atoms with Crippen molar-refractivity contribution in [3.63, 3.8) is 0 Å². The van der Waals surface area contributed by atoms with Crippen molar-refractivity contribution >= 4 is 11.8 Å². The summed E-state index contributed by atoms with van der Waals surface area (Å²) in [6.07, 6.45) is 10.5. The van der Waals surface area contributed by atoms with Crippen molar-refractivity contribution in [2.45, 2.75) is 57.2 Å². The smallest absolute Gasteiger partial charge is 0.276 e. The first-order valence-corrected chi connectivity index (χ1v) is 9.11. The van der Waals surface area contributed by atoms with E-state index in [1.807, 2.05) is 0 Å². The molecule has 0 bridgehead atoms. The maximum Gasteiger partial charge on any atom is 0.276 e. The van der Waals surface area contributed by atoms with Gasteiger partial charge in [-0.05, 0) is 25.7 Å². The summed E-state index contributed by atoms with van der Waals surface area (Å²) in [5, 5.41) is 11.1. The largest absolute Gasteiger partial charge is 0.451 e. The molecule has 138 valence electrons. The molecule has 2 amide bonds. The molecular formula is C17H22N6O3. The Morgan fingerprint density at radius 2 is 2.04 bits per heavy atom. The van der Waals surface area contributed by atoms with Gasteiger partial charge < -0.3 is 14.6 Å². The molecule has 0 unspecified atom stereocenters. The van der Waals surface area contributed by atoms with Crippen LogP contribution in [0.15, 0.2) is 23.3 Å². The van der Waals surface area contributed by atoms with E-state index >= 15 is 0 Å². The average Bonchev–Trinajstić information content (AvgIpc) is 3.42. The zero-order chi connectivity index (χ0) is 17.9. The van der Waals surface area contributed by atoms with Crippen molar-refractivity contribution in [1.82, 2.24) is 30.2 Å². The summed E-state index contributed by atoms with van der Waals surface area (Å²) in [6, 6.07) is 0.254. The van der Waals surface area contributed by atoms with Crippen LogP contribution in [0.2, 0.25) is 0 Å². The second-order valence-corrected chi connectivity index (χ2v) is 6.95. The first-order valence-electron chi connectivity index (χ1n) is 9.11. The van der Waals surface area contributed by atoms with Gasteiger partial charge in [-0.25, -0.2) is 9.67 Å². The van der Waals surface area contributed by atoms with Gasteiger partial charge in [-0.15, -0.1) is 5.10 Å². The molecule has 2 aromatic heterocycles. The van der Waals surface area contributed by atoms with Gasteiger partial charge in [0.2, 0.25) is 0 Å². The van der Waals surface area contributed by atoms with Gasteiger partial charge in [0.1, 0.15) is 6.26 Å². The summed E-state index contributed by atoms with van der Waals surface area (Å²) >= 11 is 0. The number of oxazole rings is 1. The molecule has 1 N–H and O–H groups in total. The Morgan fingerprint density at radius 3 is 2.81 bits per heavy atom. The minimum absolute atomic E-state index is 0.00615. The zero-order valence-electron chi connectivity index (χ0n) is 14.5. The number of likely N-dealkylation sites (tertiary alicyclic amines) is 1. The minimum atomic E-state index is -0.176. The number of nitrogens with zero attached hydrogens (tertiary/aromatic N) is 5. The maximum absolute atomic E-state index is 12.5. The molecule has 2 aliphatic rings. The lowest BCUT2D eigenvalue weighted by atomic mass is 10.2. The Bertz CT molecular complexity index is 765. The van der Waals surface area contributed by atoms with Crippen LogP contribution in [0.25, 0.3) is 0 Å².